The molecule has 0 spiro atoms. The van der Waals surface area contributed by atoms with Crippen molar-refractivity contribution in [2.75, 3.05) is 38.1 Å². The van der Waals surface area contributed by atoms with Gasteiger partial charge in [0, 0.05) is 57.6 Å². The van der Waals surface area contributed by atoms with Crippen molar-refractivity contribution in [2.24, 2.45) is 0 Å². The molecule has 8 nitrogen and oxygen atoms in total. The Hall–Kier alpha value is -4.43. The van der Waals surface area contributed by atoms with E-state index in [1.807, 2.05) is 36.5 Å². The fraction of sp³-hybridized carbons (Fsp3) is 0.324. The molecule has 216 valence electrons. The molecule has 3 heterocycles. The number of para-hydroxylation sites is 1. The number of H-pyrrole nitrogens is 2. The van der Waals surface area contributed by atoms with Crippen molar-refractivity contribution in [3.8, 4) is 0 Å². The molecule has 0 aliphatic carbocycles. The van der Waals surface area contributed by atoms with Gasteiger partial charge in [-0.2, -0.15) is 0 Å². The summed E-state index contributed by atoms with van der Waals surface area (Å²) in [6.07, 6.45) is 7.14. The molecular weight excluding hydrogens is 522 g/mol. The van der Waals surface area contributed by atoms with E-state index < -0.39 is 0 Å². The maximum Gasteiger partial charge on any atom is 0.268 e. The molecule has 1 atom stereocenters. The maximum absolute atomic E-state index is 13.9. The van der Waals surface area contributed by atoms with Gasteiger partial charge in [-0.15, -0.1) is 0 Å². The van der Waals surface area contributed by atoms with Crippen molar-refractivity contribution in [3.63, 3.8) is 0 Å². The van der Waals surface area contributed by atoms with E-state index >= 15 is 0 Å². The molecule has 0 saturated carbocycles. The van der Waals surface area contributed by atoms with Crippen LogP contribution in [0.4, 0.5) is 5.95 Å². The summed E-state index contributed by atoms with van der Waals surface area (Å²) in [5.74, 6) is 2.23. The lowest BCUT2D eigenvalue weighted by Gasteiger charge is -2.31. The summed E-state index contributed by atoms with van der Waals surface area (Å²) in [4.78, 5) is 32.3. The standard InChI is InChI=1S/C34H39N7O/c1-3-25(26-11-5-4-6-12-26)23-27-13-7-8-15-29(27)33(42)39(2)41-20-10-19-40(21-22-41)34-37-30-16-9-14-28(32(30)38-34)24-31-35-17-18-36-31/h4-9,11-18,25H,3,10,19-24H2,1-2H3,(H,35,36)(H,37,38). The van der Waals surface area contributed by atoms with Crippen LogP contribution in [-0.2, 0) is 12.8 Å². The molecule has 2 aromatic heterocycles. The van der Waals surface area contributed by atoms with E-state index in [1.165, 1.54) is 5.56 Å². The lowest BCUT2D eigenvalue weighted by molar-refractivity contribution is 0.00964. The number of imidazole rings is 2. The van der Waals surface area contributed by atoms with Crippen LogP contribution in [0.25, 0.3) is 11.0 Å². The van der Waals surface area contributed by atoms with E-state index in [1.54, 1.807) is 6.20 Å². The Morgan fingerprint density at radius 1 is 0.952 bits per heavy atom. The molecule has 0 bridgehead atoms. The molecule has 6 rings (SSSR count). The number of aromatic amines is 2. The van der Waals surface area contributed by atoms with Gasteiger partial charge >= 0.3 is 0 Å². The zero-order valence-electron chi connectivity index (χ0n) is 24.5. The number of anilines is 1. The summed E-state index contributed by atoms with van der Waals surface area (Å²) in [6, 6.07) is 25.0. The second-order valence-electron chi connectivity index (χ2n) is 11.1. The largest absolute Gasteiger partial charge is 0.348 e. The Morgan fingerprint density at radius 3 is 2.57 bits per heavy atom. The highest BCUT2D eigenvalue weighted by Gasteiger charge is 2.25. The number of nitrogens with one attached hydrogen (secondary N) is 2. The molecule has 5 aromatic rings. The van der Waals surface area contributed by atoms with E-state index in [4.69, 9.17) is 4.98 Å². The summed E-state index contributed by atoms with van der Waals surface area (Å²) in [7, 11) is 1.91. The van der Waals surface area contributed by atoms with Gasteiger partial charge in [0.2, 0.25) is 5.95 Å². The van der Waals surface area contributed by atoms with Crippen LogP contribution in [0.5, 0.6) is 0 Å². The second kappa shape index (κ2) is 12.6. The van der Waals surface area contributed by atoms with Crippen LogP contribution in [0, 0.1) is 0 Å². The van der Waals surface area contributed by atoms with Gasteiger partial charge in [-0.3, -0.25) is 9.80 Å². The highest BCUT2D eigenvalue weighted by molar-refractivity contribution is 5.95. The van der Waals surface area contributed by atoms with Crippen LogP contribution < -0.4 is 4.90 Å². The van der Waals surface area contributed by atoms with Crippen LogP contribution >= 0.6 is 0 Å². The number of rotatable bonds is 9. The topological polar surface area (TPSA) is 84.2 Å². The minimum Gasteiger partial charge on any atom is -0.348 e. The second-order valence-corrected chi connectivity index (χ2v) is 11.1. The number of carbonyl (C=O) groups excluding carboxylic acids is 1. The minimum absolute atomic E-state index is 0.0493. The van der Waals surface area contributed by atoms with Gasteiger partial charge in [0.15, 0.2) is 0 Å². The number of carbonyl (C=O) groups is 1. The predicted molar refractivity (Wildman–Crippen MR) is 168 cm³/mol. The first-order chi connectivity index (χ1) is 20.6. The quantitative estimate of drug-likeness (QED) is 0.237. The summed E-state index contributed by atoms with van der Waals surface area (Å²) in [5, 5.41) is 4.00. The van der Waals surface area contributed by atoms with Crippen LogP contribution in [0.3, 0.4) is 0 Å². The molecule has 1 aliphatic rings. The van der Waals surface area contributed by atoms with Crippen molar-refractivity contribution in [2.45, 2.75) is 38.5 Å². The number of nitrogens with zero attached hydrogens (tertiary/aromatic N) is 5. The third kappa shape index (κ3) is 5.94. The number of aromatic nitrogens is 4. The Morgan fingerprint density at radius 2 is 1.76 bits per heavy atom. The third-order valence-electron chi connectivity index (χ3n) is 8.46. The lowest BCUT2D eigenvalue weighted by atomic mass is 9.88. The van der Waals surface area contributed by atoms with Crippen LogP contribution in [0.1, 0.15) is 58.6 Å². The van der Waals surface area contributed by atoms with Gasteiger partial charge < -0.3 is 14.9 Å². The maximum atomic E-state index is 13.9. The molecular formula is C34H39N7O. The smallest absolute Gasteiger partial charge is 0.268 e. The number of hydrazine groups is 1. The highest BCUT2D eigenvalue weighted by Crippen LogP contribution is 2.27. The number of fused-ring (bicyclic) bond motifs is 1. The minimum atomic E-state index is 0.0493. The zero-order chi connectivity index (χ0) is 28.9. The van der Waals surface area contributed by atoms with Gasteiger partial charge in [0.1, 0.15) is 5.82 Å². The van der Waals surface area contributed by atoms with E-state index in [9.17, 15) is 4.79 Å². The third-order valence-corrected chi connectivity index (χ3v) is 8.46. The number of hydrogen-bond acceptors (Lipinski definition) is 5. The van der Waals surface area contributed by atoms with Crippen molar-refractivity contribution in [3.05, 3.63) is 113 Å². The first kappa shape index (κ1) is 27.7. The molecule has 0 radical (unpaired) electrons. The molecule has 8 heteroatoms. The molecule has 1 fully saturated rings. The molecule has 1 unspecified atom stereocenters. The average Bonchev–Trinajstić information content (AvgIpc) is 3.64. The van der Waals surface area contributed by atoms with Crippen molar-refractivity contribution >= 4 is 22.9 Å². The summed E-state index contributed by atoms with van der Waals surface area (Å²) in [6.45, 7) is 5.42. The first-order valence-corrected chi connectivity index (χ1v) is 15.0. The van der Waals surface area contributed by atoms with Crippen molar-refractivity contribution < 1.29 is 4.79 Å². The molecule has 2 N–H and O–H groups in total. The Labute approximate surface area is 247 Å². The van der Waals surface area contributed by atoms with E-state index in [-0.39, 0.29) is 5.91 Å². The summed E-state index contributed by atoms with van der Waals surface area (Å²) in [5.41, 5.74) is 6.37. The van der Waals surface area contributed by atoms with Crippen molar-refractivity contribution in [1.82, 2.24) is 30.0 Å². The van der Waals surface area contributed by atoms with Crippen molar-refractivity contribution in [1.29, 1.82) is 0 Å². The van der Waals surface area contributed by atoms with Gasteiger partial charge in [0.25, 0.3) is 5.91 Å². The predicted octanol–water partition coefficient (Wildman–Crippen LogP) is 5.81. The molecule has 1 saturated heterocycles. The van der Waals surface area contributed by atoms with Gasteiger partial charge in [-0.25, -0.2) is 15.0 Å². The van der Waals surface area contributed by atoms with E-state index in [0.717, 1.165) is 84.9 Å². The zero-order valence-corrected chi connectivity index (χ0v) is 24.5. The van der Waals surface area contributed by atoms with Crippen LogP contribution in [0.2, 0.25) is 0 Å². The van der Waals surface area contributed by atoms with Crippen LogP contribution in [-0.4, -0.2) is 69.1 Å². The van der Waals surface area contributed by atoms with E-state index in [0.29, 0.717) is 12.3 Å². The Balaban J connectivity index is 1.14. The number of amides is 1. The molecule has 1 aliphatic heterocycles. The normalized spacial score (nSPS) is 15.0. The summed E-state index contributed by atoms with van der Waals surface area (Å²) < 4.78 is 0. The SMILES string of the molecule is CCC(Cc1ccccc1C(=O)N(C)N1CCCN(c2nc3c(Cc4ncc[nH]4)cccc3[nH]2)CC1)c1ccccc1. The molecule has 42 heavy (non-hydrogen) atoms. The number of benzene rings is 3. The Bertz CT molecular complexity index is 1610. The fourth-order valence-electron chi connectivity index (χ4n) is 6.06. The van der Waals surface area contributed by atoms with E-state index in [2.05, 4.69) is 86.4 Å². The lowest BCUT2D eigenvalue weighted by Crippen LogP contribution is -2.46. The first-order valence-electron chi connectivity index (χ1n) is 15.0. The van der Waals surface area contributed by atoms with Gasteiger partial charge in [-0.05, 0) is 54.0 Å². The number of hydrogen-bond donors (Lipinski definition) is 2. The molecule has 1 amide bonds. The van der Waals surface area contributed by atoms with Crippen LogP contribution in [0.15, 0.2) is 85.2 Å². The average molecular weight is 562 g/mol. The molecule has 3 aromatic carbocycles. The van der Waals surface area contributed by atoms with Gasteiger partial charge in [0.05, 0.1) is 11.0 Å². The Kier molecular flexibility index (Phi) is 8.33. The highest BCUT2D eigenvalue weighted by atomic mass is 16.2. The monoisotopic (exact) mass is 561 g/mol. The van der Waals surface area contributed by atoms with Gasteiger partial charge in [-0.1, -0.05) is 67.6 Å². The summed E-state index contributed by atoms with van der Waals surface area (Å²) >= 11 is 0. The fourth-order valence-corrected chi connectivity index (χ4v) is 6.06.